The molecule has 0 heterocycles. The average Bonchev–Trinajstić information content (AvgIpc) is 0.722. The Morgan fingerprint density at radius 1 is 0.857 bits per heavy atom. The summed E-state index contributed by atoms with van der Waals surface area (Å²) in [6.07, 6.45) is 0. The van der Waals surface area contributed by atoms with Gasteiger partial charge in [-0.25, -0.2) is 0 Å². The molecule has 7 heteroatoms. The molecule has 0 aromatic rings. The molecule has 4 N–H and O–H groups in total. The molecule has 0 aromatic heterocycles. The molecule has 0 aliphatic rings. The van der Waals surface area contributed by atoms with E-state index in [1.54, 1.807) is 0 Å². The van der Waals surface area contributed by atoms with Gasteiger partial charge in [-0.15, -0.1) is 0 Å². The Bertz CT molecular complexity index is 27.2. The van der Waals surface area contributed by atoms with Crippen LogP contribution in [0.1, 0.15) is 0 Å². The summed E-state index contributed by atoms with van der Waals surface area (Å²) in [5, 5.41) is 0. The number of hydrogen-bond acceptors (Lipinski definition) is 4. The summed E-state index contributed by atoms with van der Waals surface area (Å²) in [5.41, 5.74) is 0. The van der Waals surface area contributed by atoms with Gasteiger partial charge in [0.25, 0.3) is 0 Å². The topological polar surface area (TPSA) is 80.9 Å². The molecule has 0 aliphatic carbocycles. The van der Waals surface area contributed by atoms with Crippen LogP contribution in [0.25, 0.3) is 0 Å². The maximum absolute atomic E-state index is 7.33. The summed E-state index contributed by atoms with van der Waals surface area (Å²) in [4.78, 5) is 29.3. The van der Waals surface area contributed by atoms with E-state index in [0.29, 0.717) is 0 Å². The Morgan fingerprint density at radius 3 is 0.857 bits per heavy atom. The molecule has 0 saturated carbocycles. The molecular formula is H4AlBO4Si+6. The first kappa shape index (κ1) is 15.6. The van der Waals surface area contributed by atoms with Crippen molar-refractivity contribution in [3.8, 4) is 0 Å². The Labute approximate surface area is 54.6 Å². The van der Waals surface area contributed by atoms with Crippen LogP contribution in [-0.4, -0.2) is 54.0 Å². The van der Waals surface area contributed by atoms with Crippen molar-refractivity contribution in [2.45, 2.75) is 0 Å². The zero-order valence-electron chi connectivity index (χ0n) is 3.44. The Morgan fingerprint density at radius 2 is 0.857 bits per heavy atom. The fourth-order valence-corrected chi connectivity index (χ4v) is 0. The van der Waals surface area contributed by atoms with Crippen LogP contribution < -0.4 is 0 Å². The van der Waals surface area contributed by atoms with Crippen LogP contribution in [0.3, 0.4) is 0 Å². The molecule has 0 rings (SSSR count). The van der Waals surface area contributed by atoms with Gasteiger partial charge < -0.3 is 19.2 Å². The predicted octanol–water partition coefficient (Wildman–Crippen LogP) is -3.37. The second-order valence-electron chi connectivity index (χ2n) is 0.600. The molecule has 7 heavy (non-hydrogen) atoms. The van der Waals surface area contributed by atoms with Crippen LogP contribution in [0.2, 0.25) is 0 Å². The monoisotopic (exact) mass is 134 g/mol. The first-order valence-corrected chi connectivity index (χ1v) is 2.68. The molecule has 0 unspecified atom stereocenters. The largest absolute Gasteiger partial charge is 3.00 e. The van der Waals surface area contributed by atoms with Gasteiger partial charge in [0.1, 0.15) is 0 Å². The van der Waals surface area contributed by atoms with E-state index in [0.717, 1.165) is 0 Å². The van der Waals surface area contributed by atoms with Gasteiger partial charge in [0, 0.05) is 0 Å². The Kier molecular flexibility index (Phi) is 10.7. The van der Waals surface area contributed by atoms with E-state index in [2.05, 4.69) is 0 Å². The van der Waals surface area contributed by atoms with Crippen LogP contribution in [0.5, 0.6) is 0 Å². The van der Waals surface area contributed by atoms with Crippen molar-refractivity contribution in [1.29, 1.82) is 0 Å². The summed E-state index contributed by atoms with van der Waals surface area (Å²) in [6.45, 7) is 0. The second kappa shape index (κ2) is 4.80. The van der Waals surface area contributed by atoms with Gasteiger partial charge in [-0.1, -0.05) is 0 Å². The molecule has 0 radical (unpaired) electrons. The third kappa shape index (κ3) is 337. The smallest absolute Gasteiger partial charge is 0.368 e. The summed E-state index contributed by atoms with van der Waals surface area (Å²) >= 11 is 0. The molecule has 0 atom stereocenters. The summed E-state index contributed by atoms with van der Waals surface area (Å²) < 4.78 is 0. The average molecular weight is 134 g/mol. The minimum Gasteiger partial charge on any atom is -0.368 e. The fraction of sp³-hybridized carbons (Fsp3) is 0. The van der Waals surface area contributed by atoms with Crippen LogP contribution in [0.4, 0.5) is 0 Å². The maximum atomic E-state index is 7.33. The van der Waals surface area contributed by atoms with E-state index >= 15 is 0 Å². The molecule has 0 aromatic carbocycles. The zero-order chi connectivity index (χ0) is 4.50. The van der Waals surface area contributed by atoms with Crippen molar-refractivity contribution in [3.63, 3.8) is 0 Å². The van der Waals surface area contributed by atoms with Gasteiger partial charge in [0.15, 0.2) is 0 Å². The van der Waals surface area contributed by atoms with E-state index in [1.807, 2.05) is 0 Å². The number of rotatable bonds is 0. The van der Waals surface area contributed by atoms with Crippen LogP contribution in [0.15, 0.2) is 0 Å². The van der Waals surface area contributed by atoms with Crippen LogP contribution >= 0.6 is 0 Å². The van der Waals surface area contributed by atoms with E-state index in [-0.39, 0.29) is 25.8 Å². The first-order chi connectivity index (χ1) is 2.00. The molecular weight excluding hydrogens is 130 g/mol. The van der Waals surface area contributed by atoms with Crippen molar-refractivity contribution in [2.24, 2.45) is 0 Å². The van der Waals surface area contributed by atoms with Gasteiger partial charge in [-0.05, 0) is 0 Å². The molecule has 0 fully saturated rings. The normalized spacial score (nSPS) is 8.57. The second-order valence-corrected chi connectivity index (χ2v) is 1.80. The molecule has 0 bridgehead atoms. The SMILES string of the molecule is O[Si](O)(O)O.[Al+3].[B+3]. The van der Waals surface area contributed by atoms with Crippen LogP contribution in [-0.2, 0) is 0 Å². The standard InChI is InChI=1S/Al.B.H4O4Si/c;;1-5(2,3)4/h;;1-4H/q2*+3;. The van der Waals surface area contributed by atoms with Gasteiger partial charge in [0.2, 0.25) is 0 Å². The van der Waals surface area contributed by atoms with Gasteiger partial charge in [-0.2, -0.15) is 0 Å². The maximum Gasteiger partial charge on any atom is 3.00 e. The molecule has 4 nitrogen and oxygen atoms in total. The van der Waals surface area contributed by atoms with E-state index in [4.69, 9.17) is 19.2 Å². The molecule has 0 aliphatic heterocycles. The minimum atomic E-state index is -4.61. The van der Waals surface area contributed by atoms with Gasteiger partial charge in [0.05, 0.1) is 0 Å². The Balaban J connectivity index is -0.0000000800. The zero-order valence-corrected chi connectivity index (χ0v) is 5.60. The fourth-order valence-electron chi connectivity index (χ4n) is 0. The summed E-state index contributed by atoms with van der Waals surface area (Å²) in [7, 11) is -4.61. The third-order valence-corrected chi connectivity index (χ3v) is 0. The Hall–Kier alpha value is 0.654. The summed E-state index contributed by atoms with van der Waals surface area (Å²) in [5.74, 6) is 0. The van der Waals surface area contributed by atoms with E-state index < -0.39 is 9.05 Å². The van der Waals surface area contributed by atoms with Crippen molar-refractivity contribution >= 4 is 34.8 Å². The van der Waals surface area contributed by atoms with Gasteiger partial charge >= 0.3 is 34.8 Å². The minimum absolute atomic E-state index is 0. The summed E-state index contributed by atoms with van der Waals surface area (Å²) in [6, 6.07) is 0. The van der Waals surface area contributed by atoms with Crippen molar-refractivity contribution < 1.29 is 19.2 Å². The molecule has 0 spiro atoms. The first-order valence-electron chi connectivity index (χ1n) is 0.894. The van der Waals surface area contributed by atoms with Crippen molar-refractivity contribution in [2.75, 3.05) is 0 Å². The van der Waals surface area contributed by atoms with E-state index in [9.17, 15) is 0 Å². The van der Waals surface area contributed by atoms with Crippen LogP contribution in [0, 0.1) is 0 Å². The van der Waals surface area contributed by atoms with Gasteiger partial charge in [-0.3, -0.25) is 0 Å². The van der Waals surface area contributed by atoms with Crippen molar-refractivity contribution in [1.82, 2.24) is 0 Å². The third-order valence-electron chi connectivity index (χ3n) is 0. The molecule has 32 valence electrons. The van der Waals surface area contributed by atoms with Crippen molar-refractivity contribution in [3.05, 3.63) is 0 Å². The van der Waals surface area contributed by atoms with E-state index in [1.165, 1.54) is 0 Å². The quantitative estimate of drug-likeness (QED) is 0.260. The predicted molar refractivity (Wildman–Crippen MR) is 26.1 cm³/mol. The molecule has 0 saturated heterocycles. The molecule has 0 amide bonds. The number of hydrogen-bond donors (Lipinski definition) is 4.